The fourth-order valence-corrected chi connectivity index (χ4v) is 2.90. The number of esters is 1. The summed E-state index contributed by atoms with van der Waals surface area (Å²) < 4.78 is 5.66. The van der Waals surface area contributed by atoms with Crippen molar-refractivity contribution in [3.63, 3.8) is 0 Å². The van der Waals surface area contributed by atoms with E-state index < -0.39 is 16.6 Å². The van der Waals surface area contributed by atoms with E-state index >= 15 is 0 Å². The number of ether oxygens (including phenoxy) is 1. The highest BCUT2D eigenvalue weighted by atomic mass is 16.5. The summed E-state index contributed by atoms with van der Waals surface area (Å²) in [5.74, 6) is 0.0702. The first-order valence-electron chi connectivity index (χ1n) is 9.84. The summed E-state index contributed by atoms with van der Waals surface area (Å²) in [4.78, 5) is 12.5. The van der Waals surface area contributed by atoms with Gasteiger partial charge in [-0.25, -0.2) is 0 Å². The minimum atomic E-state index is -1.01. The fraction of sp³-hybridized carbons (Fsp3) is 0.682. The lowest BCUT2D eigenvalue weighted by Gasteiger charge is -2.31. The maximum absolute atomic E-state index is 12.5. The van der Waals surface area contributed by atoms with Gasteiger partial charge in [0.1, 0.15) is 5.75 Å². The molecule has 1 aromatic carbocycles. The van der Waals surface area contributed by atoms with Gasteiger partial charge in [0.15, 0.2) is 0 Å². The molecule has 4 heteroatoms. The number of aliphatic hydroxyl groups is 2. The molecule has 0 fully saturated rings. The van der Waals surface area contributed by atoms with E-state index in [-0.39, 0.29) is 5.97 Å². The fourth-order valence-electron chi connectivity index (χ4n) is 2.90. The molecule has 0 bridgehead atoms. The van der Waals surface area contributed by atoms with Gasteiger partial charge < -0.3 is 14.9 Å². The molecule has 0 saturated carbocycles. The summed E-state index contributed by atoms with van der Waals surface area (Å²) in [6.45, 7) is 13.3. The Labute approximate surface area is 158 Å². The Kier molecular flexibility index (Phi) is 7.43. The van der Waals surface area contributed by atoms with Gasteiger partial charge in [-0.05, 0) is 75.3 Å². The van der Waals surface area contributed by atoms with Crippen LogP contribution in [0.15, 0.2) is 18.2 Å². The van der Waals surface area contributed by atoms with Crippen molar-refractivity contribution in [1.29, 1.82) is 0 Å². The van der Waals surface area contributed by atoms with Gasteiger partial charge in [-0.15, -0.1) is 0 Å². The highest BCUT2D eigenvalue weighted by molar-refractivity contribution is 5.78. The molecule has 0 radical (unpaired) electrons. The third kappa shape index (κ3) is 4.66. The van der Waals surface area contributed by atoms with Crippen LogP contribution in [0.4, 0.5) is 0 Å². The van der Waals surface area contributed by atoms with Crippen LogP contribution >= 0.6 is 0 Å². The van der Waals surface area contributed by atoms with E-state index in [1.54, 1.807) is 12.1 Å². The Morgan fingerprint density at radius 2 is 1.19 bits per heavy atom. The van der Waals surface area contributed by atoms with Crippen LogP contribution in [-0.2, 0) is 16.0 Å². The Morgan fingerprint density at radius 1 is 0.808 bits per heavy atom. The second kappa shape index (κ2) is 8.53. The molecule has 0 saturated heterocycles. The molecule has 0 spiro atoms. The van der Waals surface area contributed by atoms with Crippen molar-refractivity contribution >= 4 is 5.97 Å². The van der Waals surface area contributed by atoms with E-state index in [0.717, 1.165) is 0 Å². The van der Waals surface area contributed by atoms with Crippen LogP contribution in [0.25, 0.3) is 0 Å². The summed E-state index contributed by atoms with van der Waals surface area (Å²) in [6.07, 6.45) is 2.82. The highest BCUT2D eigenvalue weighted by Gasteiger charge is 2.33. The van der Waals surface area contributed by atoms with Crippen LogP contribution < -0.4 is 4.74 Å². The average molecular weight is 365 g/mol. The van der Waals surface area contributed by atoms with E-state index in [9.17, 15) is 15.0 Å². The van der Waals surface area contributed by atoms with Crippen LogP contribution in [0.1, 0.15) is 91.7 Å². The number of hydrogen-bond acceptors (Lipinski definition) is 4. The van der Waals surface area contributed by atoms with Gasteiger partial charge in [0.2, 0.25) is 0 Å². The van der Waals surface area contributed by atoms with Gasteiger partial charge in [-0.3, -0.25) is 4.79 Å². The maximum Gasteiger partial charge on any atom is 0.316 e. The lowest BCUT2D eigenvalue weighted by atomic mass is 9.82. The molecule has 4 nitrogen and oxygen atoms in total. The molecule has 2 N–H and O–H groups in total. The molecule has 0 heterocycles. The standard InChI is InChI=1S/C22H36O4/c1-8-20(6,7)19(23)26-18-14-16(21(24,9-2)10-3)13-17(15-18)22(25,11-4)12-5/h13-15,24-25H,8-12H2,1-7H3. The van der Waals surface area contributed by atoms with Crippen LogP contribution in [-0.4, -0.2) is 16.2 Å². The van der Waals surface area contributed by atoms with E-state index in [0.29, 0.717) is 49.0 Å². The van der Waals surface area contributed by atoms with Crippen molar-refractivity contribution < 1.29 is 19.7 Å². The lowest BCUT2D eigenvalue weighted by Crippen LogP contribution is -2.30. The SMILES string of the molecule is CCC(C)(C)C(=O)Oc1cc(C(O)(CC)CC)cc(C(O)(CC)CC)c1. The van der Waals surface area contributed by atoms with E-state index in [4.69, 9.17) is 4.74 Å². The zero-order valence-electron chi connectivity index (χ0n) is 17.5. The summed E-state index contributed by atoms with van der Waals surface area (Å²) >= 11 is 0. The molecule has 148 valence electrons. The number of carbonyl (C=O) groups excluding carboxylic acids is 1. The van der Waals surface area contributed by atoms with E-state index in [1.165, 1.54) is 0 Å². The molecule has 26 heavy (non-hydrogen) atoms. The van der Waals surface area contributed by atoms with Gasteiger partial charge in [0.05, 0.1) is 16.6 Å². The van der Waals surface area contributed by atoms with Crippen molar-refractivity contribution in [1.82, 2.24) is 0 Å². The molecule has 0 aromatic heterocycles. The third-order valence-corrected chi connectivity index (χ3v) is 5.97. The minimum absolute atomic E-state index is 0.309. The molecular weight excluding hydrogens is 328 g/mol. The topological polar surface area (TPSA) is 66.8 Å². The van der Waals surface area contributed by atoms with E-state index in [1.807, 2.05) is 54.5 Å². The zero-order chi connectivity index (χ0) is 20.2. The molecule has 1 aromatic rings. The van der Waals surface area contributed by atoms with Crippen molar-refractivity contribution in [3.05, 3.63) is 29.3 Å². The van der Waals surface area contributed by atoms with Crippen molar-refractivity contribution in [3.8, 4) is 5.75 Å². The van der Waals surface area contributed by atoms with E-state index in [2.05, 4.69) is 0 Å². The first kappa shape index (κ1) is 22.7. The molecule has 0 aliphatic rings. The lowest BCUT2D eigenvalue weighted by molar-refractivity contribution is -0.144. The van der Waals surface area contributed by atoms with Gasteiger partial charge in [0.25, 0.3) is 0 Å². The van der Waals surface area contributed by atoms with Gasteiger partial charge in [-0.2, -0.15) is 0 Å². The first-order chi connectivity index (χ1) is 12.0. The molecule has 0 amide bonds. The summed E-state index contributed by atoms with van der Waals surface area (Å²) in [5.41, 5.74) is -1.26. The number of benzene rings is 1. The van der Waals surface area contributed by atoms with Crippen LogP contribution in [0.5, 0.6) is 5.75 Å². The quantitative estimate of drug-likeness (QED) is 0.476. The van der Waals surface area contributed by atoms with Crippen LogP contribution in [0.3, 0.4) is 0 Å². The molecule has 0 aliphatic heterocycles. The normalized spacial score (nSPS) is 13.0. The predicted octanol–water partition coefficient (Wildman–Crippen LogP) is 5.04. The summed E-state index contributed by atoms with van der Waals surface area (Å²) in [5, 5.41) is 22.0. The molecule has 0 atom stereocenters. The van der Waals surface area contributed by atoms with Crippen LogP contribution in [0, 0.1) is 5.41 Å². The summed E-state index contributed by atoms with van der Waals surface area (Å²) in [7, 11) is 0. The van der Waals surface area contributed by atoms with Crippen molar-refractivity contribution in [2.24, 2.45) is 5.41 Å². The van der Waals surface area contributed by atoms with Gasteiger partial charge in [-0.1, -0.05) is 34.6 Å². The highest BCUT2D eigenvalue weighted by Crippen LogP contribution is 2.38. The third-order valence-electron chi connectivity index (χ3n) is 5.97. The smallest absolute Gasteiger partial charge is 0.316 e. The van der Waals surface area contributed by atoms with Gasteiger partial charge >= 0.3 is 5.97 Å². The summed E-state index contributed by atoms with van der Waals surface area (Å²) in [6, 6.07) is 5.31. The first-order valence-corrected chi connectivity index (χ1v) is 9.84. The average Bonchev–Trinajstić information content (AvgIpc) is 2.66. The zero-order valence-corrected chi connectivity index (χ0v) is 17.5. The second-order valence-electron chi connectivity index (χ2n) is 7.85. The van der Waals surface area contributed by atoms with Gasteiger partial charge in [0, 0.05) is 0 Å². The molecule has 0 unspecified atom stereocenters. The Morgan fingerprint density at radius 3 is 1.50 bits per heavy atom. The molecule has 0 aliphatic carbocycles. The predicted molar refractivity (Wildman–Crippen MR) is 105 cm³/mol. The minimum Gasteiger partial charge on any atom is -0.426 e. The maximum atomic E-state index is 12.5. The van der Waals surface area contributed by atoms with Crippen LogP contribution in [0.2, 0.25) is 0 Å². The number of carbonyl (C=O) groups is 1. The second-order valence-corrected chi connectivity index (χ2v) is 7.85. The Balaban J connectivity index is 3.49. The molecular formula is C22H36O4. The Bertz CT molecular complexity index is 574. The molecule has 1 rings (SSSR count). The van der Waals surface area contributed by atoms with Crippen molar-refractivity contribution in [2.45, 2.75) is 91.8 Å². The number of hydrogen-bond donors (Lipinski definition) is 2. The van der Waals surface area contributed by atoms with Crippen molar-refractivity contribution in [2.75, 3.05) is 0 Å². The largest absolute Gasteiger partial charge is 0.426 e. The number of rotatable bonds is 9. The monoisotopic (exact) mass is 364 g/mol. The Hall–Kier alpha value is -1.39.